The van der Waals surface area contributed by atoms with E-state index in [2.05, 4.69) is 8.92 Å². The minimum atomic E-state index is -3.36. The van der Waals surface area contributed by atoms with Crippen molar-refractivity contribution in [2.45, 2.75) is 19.3 Å². The molecular formula is C15H22O6S. The van der Waals surface area contributed by atoms with Gasteiger partial charge in [-0.15, -0.1) is 0 Å². The molecule has 0 aliphatic rings. The van der Waals surface area contributed by atoms with E-state index in [-0.39, 0.29) is 12.6 Å². The van der Waals surface area contributed by atoms with Gasteiger partial charge in [-0.25, -0.2) is 4.79 Å². The van der Waals surface area contributed by atoms with Crippen molar-refractivity contribution in [3.8, 4) is 0 Å². The van der Waals surface area contributed by atoms with Crippen LogP contribution in [0.4, 0.5) is 0 Å². The van der Waals surface area contributed by atoms with Gasteiger partial charge in [0.2, 0.25) is 0 Å². The van der Waals surface area contributed by atoms with Crippen LogP contribution >= 0.6 is 0 Å². The third-order valence-corrected chi connectivity index (χ3v) is 3.45. The zero-order valence-corrected chi connectivity index (χ0v) is 13.7. The van der Waals surface area contributed by atoms with E-state index in [1.807, 2.05) is 12.1 Å². The van der Waals surface area contributed by atoms with E-state index >= 15 is 0 Å². The molecule has 1 aromatic rings. The van der Waals surface area contributed by atoms with Gasteiger partial charge < -0.3 is 9.47 Å². The lowest BCUT2D eigenvalue weighted by molar-refractivity contribution is 0.0600. The van der Waals surface area contributed by atoms with E-state index in [1.54, 1.807) is 12.1 Å². The van der Waals surface area contributed by atoms with Gasteiger partial charge in [0, 0.05) is 13.2 Å². The fourth-order valence-electron chi connectivity index (χ4n) is 1.78. The molecule has 0 bridgehead atoms. The van der Waals surface area contributed by atoms with Crippen molar-refractivity contribution in [2.24, 2.45) is 0 Å². The van der Waals surface area contributed by atoms with Crippen LogP contribution in [-0.2, 0) is 30.2 Å². The highest BCUT2D eigenvalue weighted by molar-refractivity contribution is 7.85. The summed E-state index contributed by atoms with van der Waals surface area (Å²) >= 11 is 0. The second-order valence-electron chi connectivity index (χ2n) is 4.78. The molecule has 0 fully saturated rings. The maximum atomic E-state index is 11.3. The maximum absolute atomic E-state index is 11.3. The van der Waals surface area contributed by atoms with E-state index < -0.39 is 10.1 Å². The summed E-state index contributed by atoms with van der Waals surface area (Å²) < 4.78 is 36.1. The molecule has 22 heavy (non-hydrogen) atoms. The molecule has 0 aromatic heterocycles. The van der Waals surface area contributed by atoms with Crippen LogP contribution in [0, 0.1) is 0 Å². The van der Waals surface area contributed by atoms with E-state index in [0.717, 1.165) is 24.7 Å². The Hall–Kier alpha value is -1.44. The molecule has 0 atom stereocenters. The molecule has 0 saturated carbocycles. The standard InChI is InChI=1S/C15H22O6S/c1-19-15(16)14-8-6-13(7-9-14)5-3-10-20-11-4-12-21-22(2,17)18/h6-9H,3-5,10-12H2,1-2H3. The van der Waals surface area contributed by atoms with Crippen molar-refractivity contribution < 1.29 is 26.9 Å². The second-order valence-corrected chi connectivity index (χ2v) is 6.43. The maximum Gasteiger partial charge on any atom is 0.337 e. The molecule has 0 saturated heterocycles. The summed E-state index contributed by atoms with van der Waals surface area (Å²) in [5.74, 6) is -0.341. The third-order valence-electron chi connectivity index (χ3n) is 2.86. The van der Waals surface area contributed by atoms with Gasteiger partial charge in [-0.05, 0) is 37.0 Å². The summed E-state index contributed by atoms with van der Waals surface area (Å²) in [7, 11) is -2.00. The molecule has 1 aromatic carbocycles. The van der Waals surface area contributed by atoms with Gasteiger partial charge in [0.1, 0.15) is 0 Å². The van der Waals surface area contributed by atoms with E-state index in [9.17, 15) is 13.2 Å². The zero-order chi connectivity index (χ0) is 16.4. The van der Waals surface area contributed by atoms with Gasteiger partial charge in [-0.2, -0.15) is 8.42 Å². The Bertz CT molecular complexity index is 550. The number of ether oxygens (including phenoxy) is 2. The zero-order valence-electron chi connectivity index (χ0n) is 12.9. The minimum absolute atomic E-state index is 0.147. The monoisotopic (exact) mass is 330 g/mol. The average molecular weight is 330 g/mol. The number of hydrogen-bond acceptors (Lipinski definition) is 6. The lowest BCUT2D eigenvalue weighted by atomic mass is 10.1. The van der Waals surface area contributed by atoms with Crippen LogP contribution in [0.2, 0.25) is 0 Å². The molecule has 1 rings (SSSR count). The van der Waals surface area contributed by atoms with Crippen LogP contribution in [0.5, 0.6) is 0 Å². The molecule has 7 heteroatoms. The van der Waals surface area contributed by atoms with Gasteiger partial charge in [-0.3, -0.25) is 4.18 Å². The highest BCUT2D eigenvalue weighted by atomic mass is 32.2. The average Bonchev–Trinajstić information content (AvgIpc) is 2.48. The highest BCUT2D eigenvalue weighted by Crippen LogP contribution is 2.08. The Labute approximate surface area is 131 Å². The molecule has 0 aliphatic carbocycles. The van der Waals surface area contributed by atoms with Crippen molar-refractivity contribution in [2.75, 3.05) is 33.2 Å². The van der Waals surface area contributed by atoms with Crippen molar-refractivity contribution in [1.82, 2.24) is 0 Å². The fourth-order valence-corrected chi connectivity index (χ4v) is 2.20. The molecule has 0 spiro atoms. The first-order valence-corrected chi connectivity index (χ1v) is 8.83. The van der Waals surface area contributed by atoms with Crippen LogP contribution in [0.15, 0.2) is 24.3 Å². The second kappa shape index (κ2) is 9.55. The van der Waals surface area contributed by atoms with Crippen molar-refractivity contribution in [1.29, 1.82) is 0 Å². The summed E-state index contributed by atoms with van der Waals surface area (Å²) in [5, 5.41) is 0. The van der Waals surface area contributed by atoms with Gasteiger partial charge in [0.05, 0.1) is 25.5 Å². The van der Waals surface area contributed by atoms with Crippen molar-refractivity contribution in [3.05, 3.63) is 35.4 Å². The van der Waals surface area contributed by atoms with Crippen LogP contribution in [-0.4, -0.2) is 47.6 Å². The van der Waals surface area contributed by atoms with E-state index in [0.29, 0.717) is 25.2 Å². The number of carbonyl (C=O) groups is 1. The predicted molar refractivity (Wildman–Crippen MR) is 82.3 cm³/mol. The number of esters is 1. The number of carbonyl (C=O) groups excluding carboxylic acids is 1. The molecule has 0 radical (unpaired) electrons. The number of hydrogen-bond donors (Lipinski definition) is 0. The first-order valence-electron chi connectivity index (χ1n) is 7.02. The highest BCUT2D eigenvalue weighted by Gasteiger charge is 2.04. The molecule has 0 N–H and O–H groups in total. The number of rotatable bonds is 10. The first kappa shape index (κ1) is 18.6. The Kier molecular flexibility index (Phi) is 8.08. The molecule has 0 amide bonds. The molecular weight excluding hydrogens is 308 g/mol. The number of aryl methyl sites for hydroxylation is 1. The van der Waals surface area contributed by atoms with Crippen LogP contribution in [0.1, 0.15) is 28.8 Å². The fraction of sp³-hybridized carbons (Fsp3) is 0.533. The van der Waals surface area contributed by atoms with Gasteiger partial charge >= 0.3 is 5.97 Å². The summed E-state index contributed by atoms with van der Waals surface area (Å²) in [6.07, 6.45) is 3.27. The lowest BCUT2D eigenvalue weighted by Gasteiger charge is -2.05. The summed E-state index contributed by atoms with van der Waals surface area (Å²) in [4.78, 5) is 11.3. The van der Waals surface area contributed by atoms with Gasteiger partial charge in [0.25, 0.3) is 10.1 Å². The Balaban J connectivity index is 2.11. The predicted octanol–water partition coefficient (Wildman–Crippen LogP) is 1.79. The molecule has 0 heterocycles. The van der Waals surface area contributed by atoms with Gasteiger partial charge in [-0.1, -0.05) is 12.1 Å². The van der Waals surface area contributed by atoms with E-state index in [4.69, 9.17) is 4.74 Å². The normalized spacial score (nSPS) is 11.4. The molecule has 124 valence electrons. The molecule has 6 nitrogen and oxygen atoms in total. The quantitative estimate of drug-likeness (QED) is 0.370. The first-order chi connectivity index (χ1) is 10.4. The summed E-state index contributed by atoms with van der Waals surface area (Å²) in [5.41, 5.74) is 1.66. The Morgan fingerprint density at radius 1 is 1.05 bits per heavy atom. The number of benzene rings is 1. The Morgan fingerprint density at radius 3 is 2.27 bits per heavy atom. The largest absolute Gasteiger partial charge is 0.465 e. The number of methoxy groups -OCH3 is 1. The van der Waals surface area contributed by atoms with Crippen LogP contribution in [0.3, 0.4) is 0 Å². The van der Waals surface area contributed by atoms with Gasteiger partial charge in [0.15, 0.2) is 0 Å². The SMILES string of the molecule is COC(=O)c1ccc(CCCOCCCOS(C)(=O)=O)cc1. The summed E-state index contributed by atoms with van der Waals surface area (Å²) in [6, 6.07) is 7.27. The molecule has 0 unspecified atom stereocenters. The summed E-state index contributed by atoms with van der Waals surface area (Å²) in [6.45, 7) is 1.21. The smallest absolute Gasteiger partial charge is 0.337 e. The van der Waals surface area contributed by atoms with Crippen LogP contribution < -0.4 is 0 Å². The third kappa shape index (κ3) is 8.11. The Morgan fingerprint density at radius 2 is 1.68 bits per heavy atom. The van der Waals surface area contributed by atoms with Crippen molar-refractivity contribution in [3.63, 3.8) is 0 Å². The van der Waals surface area contributed by atoms with Crippen molar-refractivity contribution >= 4 is 16.1 Å². The molecule has 0 aliphatic heterocycles. The van der Waals surface area contributed by atoms with Crippen LogP contribution in [0.25, 0.3) is 0 Å². The lowest BCUT2D eigenvalue weighted by Crippen LogP contribution is -2.07. The minimum Gasteiger partial charge on any atom is -0.465 e. The van der Waals surface area contributed by atoms with E-state index in [1.165, 1.54) is 7.11 Å². The topological polar surface area (TPSA) is 78.9 Å².